The number of benzene rings is 1. The van der Waals surface area contributed by atoms with Crippen LogP contribution in [0.3, 0.4) is 0 Å². The van der Waals surface area contributed by atoms with E-state index in [1.165, 1.54) is 21.6 Å². The minimum atomic E-state index is -1.03. The van der Waals surface area contributed by atoms with E-state index < -0.39 is 12.0 Å². The monoisotopic (exact) mass is 385 g/mol. The molecular formula is C17H19N7O4. The molecule has 3 aromatic rings. The molecule has 0 bridgehead atoms. The van der Waals surface area contributed by atoms with Crippen LogP contribution in [0.4, 0.5) is 5.82 Å². The van der Waals surface area contributed by atoms with Crippen molar-refractivity contribution >= 4 is 17.7 Å². The first-order valence-corrected chi connectivity index (χ1v) is 8.40. The number of hydrogen-bond acceptors (Lipinski definition) is 7. The molecule has 1 atom stereocenters. The van der Waals surface area contributed by atoms with Crippen LogP contribution in [-0.4, -0.2) is 54.1 Å². The average Bonchev–Trinajstić information content (AvgIpc) is 3.28. The van der Waals surface area contributed by atoms with E-state index in [0.717, 1.165) is 5.56 Å². The second-order valence-corrected chi connectivity index (χ2v) is 6.02. The fourth-order valence-electron chi connectivity index (χ4n) is 2.70. The molecule has 0 fully saturated rings. The Morgan fingerprint density at radius 3 is 2.82 bits per heavy atom. The van der Waals surface area contributed by atoms with E-state index in [-0.39, 0.29) is 18.3 Å². The molecule has 11 heteroatoms. The zero-order valence-corrected chi connectivity index (χ0v) is 15.3. The lowest BCUT2D eigenvalue weighted by molar-refractivity contribution is -0.137. The standard InChI is InChI=1S/C17H19N7O4/c1-11-19-21-22-24(11)14(9-12-4-3-5-13(8-12)28-2)17(27)18-15-6-7-23(20-15)10-16(25)26/h3-8,14H,9-10H2,1-2H3,(H,25,26)(H,18,20,27). The minimum absolute atomic E-state index is 0.243. The van der Waals surface area contributed by atoms with E-state index in [4.69, 9.17) is 9.84 Å². The Balaban J connectivity index is 1.82. The Kier molecular flexibility index (Phi) is 5.63. The van der Waals surface area contributed by atoms with Crippen molar-refractivity contribution in [2.24, 2.45) is 0 Å². The van der Waals surface area contributed by atoms with Crippen LogP contribution in [0.5, 0.6) is 5.75 Å². The maximum Gasteiger partial charge on any atom is 0.325 e. The number of ether oxygens (including phenoxy) is 1. The molecule has 146 valence electrons. The lowest BCUT2D eigenvalue weighted by Crippen LogP contribution is -2.29. The molecule has 0 aliphatic heterocycles. The van der Waals surface area contributed by atoms with Crippen molar-refractivity contribution in [3.8, 4) is 5.75 Å². The molecule has 0 spiro atoms. The van der Waals surface area contributed by atoms with Crippen molar-refractivity contribution in [2.45, 2.75) is 25.9 Å². The van der Waals surface area contributed by atoms with Crippen LogP contribution in [0.15, 0.2) is 36.5 Å². The summed E-state index contributed by atoms with van der Waals surface area (Å²) in [5, 5.41) is 26.9. The topological polar surface area (TPSA) is 137 Å². The number of anilines is 1. The summed E-state index contributed by atoms with van der Waals surface area (Å²) in [4.78, 5) is 23.7. The highest BCUT2D eigenvalue weighted by Crippen LogP contribution is 2.20. The van der Waals surface area contributed by atoms with Crippen molar-refractivity contribution in [3.63, 3.8) is 0 Å². The first-order chi connectivity index (χ1) is 13.5. The molecule has 0 radical (unpaired) electrons. The van der Waals surface area contributed by atoms with E-state index in [0.29, 0.717) is 18.0 Å². The molecule has 2 heterocycles. The summed E-state index contributed by atoms with van der Waals surface area (Å²) in [6.45, 7) is 1.41. The van der Waals surface area contributed by atoms with Crippen LogP contribution in [0.25, 0.3) is 0 Å². The average molecular weight is 385 g/mol. The van der Waals surface area contributed by atoms with Crippen molar-refractivity contribution in [1.29, 1.82) is 0 Å². The molecule has 0 aliphatic carbocycles. The Bertz CT molecular complexity index is 981. The van der Waals surface area contributed by atoms with E-state index in [9.17, 15) is 9.59 Å². The number of tetrazole rings is 1. The number of carbonyl (C=O) groups is 2. The number of rotatable bonds is 8. The quantitative estimate of drug-likeness (QED) is 0.578. The first kappa shape index (κ1) is 19.0. The maximum atomic E-state index is 12.9. The van der Waals surface area contributed by atoms with Gasteiger partial charge in [-0.1, -0.05) is 12.1 Å². The number of aliphatic carboxylic acids is 1. The predicted molar refractivity (Wildman–Crippen MR) is 96.8 cm³/mol. The summed E-state index contributed by atoms with van der Waals surface area (Å²) < 4.78 is 7.89. The molecule has 1 aromatic carbocycles. The normalized spacial score (nSPS) is 11.8. The van der Waals surface area contributed by atoms with Gasteiger partial charge < -0.3 is 15.2 Å². The lowest BCUT2D eigenvalue weighted by atomic mass is 10.0. The molecule has 1 amide bonds. The van der Waals surface area contributed by atoms with Crippen LogP contribution in [0, 0.1) is 6.92 Å². The summed E-state index contributed by atoms with van der Waals surface area (Å²) in [6.07, 6.45) is 1.80. The number of nitrogens with zero attached hydrogens (tertiary/aromatic N) is 6. The van der Waals surface area contributed by atoms with Crippen molar-refractivity contribution in [3.05, 3.63) is 47.9 Å². The number of aryl methyl sites for hydroxylation is 1. The zero-order chi connectivity index (χ0) is 20.1. The summed E-state index contributed by atoms with van der Waals surface area (Å²) in [6, 6.07) is 8.16. The Hall–Kier alpha value is -3.76. The van der Waals surface area contributed by atoms with Crippen LogP contribution >= 0.6 is 0 Å². The molecule has 1 unspecified atom stereocenters. The molecule has 0 aliphatic rings. The third-order valence-corrected chi connectivity index (χ3v) is 4.01. The van der Waals surface area contributed by atoms with Gasteiger partial charge in [0.25, 0.3) is 5.91 Å². The smallest absolute Gasteiger partial charge is 0.325 e. The summed E-state index contributed by atoms with van der Waals surface area (Å²) >= 11 is 0. The summed E-state index contributed by atoms with van der Waals surface area (Å²) in [5.41, 5.74) is 0.866. The third kappa shape index (κ3) is 4.50. The highest BCUT2D eigenvalue weighted by molar-refractivity contribution is 5.93. The summed E-state index contributed by atoms with van der Waals surface area (Å²) in [5.74, 6) is 0.00423. The van der Waals surface area contributed by atoms with Gasteiger partial charge in [0.15, 0.2) is 5.82 Å². The fraction of sp³-hybridized carbons (Fsp3) is 0.294. The number of carboxylic acid groups (broad SMARTS) is 1. The molecule has 2 aromatic heterocycles. The van der Waals surface area contributed by atoms with Gasteiger partial charge in [-0.25, -0.2) is 4.68 Å². The Labute approximate surface area is 159 Å². The second kappa shape index (κ2) is 8.29. The van der Waals surface area contributed by atoms with Gasteiger partial charge in [-0.2, -0.15) is 5.10 Å². The van der Waals surface area contributed by atoms with Gasteiger partial charge in [0.05, 0.1) is 7.11 Å². The molecule has 11 nitrogen and oxygen atoms in total. The van der Waals surface area contributed by atoms with Crippen LogP contribution in [0.2, 0.25) is 0 Å². The zero-order valence-electron chi connectivity index (χ0n) is 15.3. The van der Waals surface area contributed by atoms with Gasteiger partial charge in [0.2, 0.25) is 0 Å². The number of aromatic nitrogens is 6. The van der Waals surface area contributed by atoms with E-state index >= 15 is 0 Å². The maximum absolute atomic E-state index is 12.9. The van der Waals surface area contributed by atoms with Crippen molar-refractivity contribution in [1.82, 2.24) is 30.0 Å². The van der Waals surface area contributed by atoms with E-state index in [1.54, 1.807) is 14.0 Å². The van der Waals surface area contributed by atoms with E-state index in [2.05, 4.69) is 25.9 Å². The number of nitrogens with one attached hydrogen (secondary N) is 1. The molecule has 0 saturated heterocycles. The number of hydrogen-bond donors (Lipinski definition) is 2. The fourth-order valence-corrected chi connectivity index (χ4v) is 2.70. The van der Waals surface area contributed by atoms with Gasteiger partial charge in [0, 0.05) is 18.7 Å². The van der Waals surface area contributed by atoms with Crippen LogP contribution in [-0.2, 0) is 22.6 Å². The number of methoxy groups -OCH3 is 1. The van der Waals surface area contributed by atoms with Gasteiger partial charge >= 0.3 is 5.97 Å². The molecular weight excluding hydrogens is 366 g/mol. The molecule has 0 saturated carbocycles. The Morgan fingerprint density at radius 1 is 1.32 bits per heavy atom. The van der Waals surface area contributed by atoms with Crippen LogP contribution < -0.4 is 10.1 Å². The SMILES string of the molecule is COc1cccc(CC(C(=O)Nc2ccn(CC(=O)O)n2)n2nnnc2C)c1. The highest BCUT2D eigenvalue weighted by atomic mass is 16.5. The second-order valence-electron chi connectivity index (χ2n) is 6.02. The minimum Gasteiger partial charge on any atom is -0.497 e. The molecule has 3 rings (SSSR count). The number of amides is 1. The van der Waals surface area contributed by atoms with Gasteiger partial charge in [-0.3, -0.25) is 14.3 Å². The largest absolute Gasteiger partial charge is 0.497 e. The van der Waals surface area contributed by atoms with Gasteiger partial charge in [0.1, 0.15) is 24.2 Å². The number of carbonyl (C=O) groups excluding carboxylic acids is 1. The van der Waals surface area contributed by atoms with Gasteiger partial charge in [-0.05, 0) is 35.0 Å². The van der Waals surface area contributed by atoms with E-state index in [1.807, 2.05) is 24.3 Å². The Morgan fingerprint density at radius 2 is 2.14 bits per heavy atom. The number of carboxylic acids is 1. The first-order valence-electron chi connectivity index (χ1n) is 8.40. The molecule has 2 N–H and O–H groups in total. The third-order valence-electron chi connectivity index (χ3n) is 4.01. The van der Waals surface area contributed by atoms with Gasteiger partial charge in [-0.15, -0.1) is 5.10 Å². The highest BCUT2D eigenvalue weighted by Gasteiger charge is 2.25. The molecule has 28 heavy (non-hydrogen) atoms. The van der Waals surface area contributed by atoms with Crippen molar-refractivity contribution < 1.29 is 19.4 Å². The van der Waals surface area contributed by atoms with Crippen LogP contribution in [0.1, 0.15) is 17.4 Å². The van der Waals surface area contributed by atoms with Crippen molar-refractivity contribution in [2.75, 3.05) is 12.4 Å². The predicted octanol–water partition coefficient (Wildman–Crippen LogP) is 0.694. The summed E-state index contributed by atoms with van der Waals surface area (Å²) in [7, 11) is 1.57. The lowest BCUT2D eigenvalue weighted by Gasteiger charge is -2.17.